The molecule has 160 valence electrons. The highest BCUT2D eigenvalue weighted by molar-refractivity contribution is 7.09. The maximum absolute atomic E-state index is 13.1. The van der Waals surface area contributed by atoms with Gasteiger partial charge in [0.05, 0.1) is 18.2 Å². The van der Waals surface area contributed by atoms with Crippen LogP contribution < -0.4 is 5.32 Å². The van der Waals surface area contributed by atoms with Crippen LogP contribution in [0.15, 0.2) is 82.3 Å². The minimum atomic E-state index is -0.380. The molecule has 1 atom stereocenters. The van der Waals surface area contributed by atoms with Crippen LogP contribution in [0.3, 0.4) is 0 Å². The number of nitrogens with zero attached hydrogens (tertiary/aromatic N) is 3. The number of amides is 2. The predicted octanol–water partition coefficient (Wildman–Crippen LogP) is 5.80. The third-order valence-electron chi connectivity index (χ3n) is 5.59. The Kier molecular flexibility index (Phi) is 5.33. The molecule has 0 aliphatic carbocycles. The van der Waals surface area contributed by atoms with Crippen molar-refractivity contribution < 1.29 is 9.32 Å². The van der Waals surface area contributed by atoms with Crippen LogP contribution in [0.1, 0.15) is 34.9 Å². The average molecular weight is 443 g/mol. The fourth-order valence-electron chi connectivity index (χ4n) is 3.86. The molecule has 0 spiro atoms. The van der Waals surface area contributed by atoms with Crippen molar-refractivity contribution in [3.63, 3.8) is 0 Å². The third-order valence-corrected chi connectivity index (χ3v) is 6.45. The molecular formula is C25H22N4O2S. The summed E-state index contributed by atoms with van der Waals surface area (Å²) in [5.41, 5.74) is 4.61. The van der Waals surface area contributed by atoms with Crippen molar-refractivity contribution in [3.8, 4) is 11.4 Å². The Bertz CT molecular complexity index is 1260. The summed E-state index contributed by atoms with van der Waals surface area (Å²) in [6.45, 7) is 4.46. The van der Waals surface area contributed by atoms with Crippen molar-refractivity contribution in [2.75, 3.05) is 0 Å². The largest absolute Gasteiger partial charge is 0.334 e. The molecule has 2 aromatic carbocycles. The maximum atomic E-state index is 13.1. The molecule has 1 N–H and O–H groups in total. The fourth-order valence-corrected chi connectivity index (χ4v) is 4.55. The van der Waals surface area contributed by atoms with Gasteiger partial charge >= 0.3 is 6.03 Å². The van der Waals surface area contributed by atoms with Gasteiger partial charge in [0, 0.05) is 16.1 Å². The van der Waals surface area contributed by atoms with Crippen LogP contribution >= 0.6 is 11.3 Å². The number of thiophene rings is 1. The molecule has 1 unspecified atom stereocenters. The molecule has 1 aliphatic heterocycles. The van der Waals surface area contributed by atoms with E-state index in [1.54, 1.807) is 16.2 Å². The SMILES string of the molecule is CC1=C(c2nc(-c3ccc(C)cc3)no2)C(c2ccccc2)NC(=O)N1Cc1cccs1. The topological polar surface area (TPSA) is 71.3 Å². The number of nitrogens with one attached hydrogen (secondary N) is 1. The lowest BCUT2D eigenvalue weighted by Gasteiger charge is -2.35. The second-order valence-electron chi connectivity index (χ2n) is 7.75. The predicted molar refractivity (Wildman–Crippen MR) is 125 cm³/mol. The summed E-state index contributed by atoms with van der Waals surface area (Å²) in [5, 5.41) is 9.37. The lowest BCUT2D eigenvalue weighted by atomic mass is 9.94. The van der Waals surface area contributed by atoms with E-state index in [1.807, 2.05) is 86.0 Å². The standard InChI is InChI=1S/C25H22N4O2S/c1-16-10-12-19(13-11-16)23-27-24(31-28-23)21-17(2)29(15-20-9-6-14-32-20)25(30)26-22(21)18-7-4-3-5-8-18/h3-14,22H,15H2,1-2H3,(H,26,30). The van der Waals surface area contributed by atoms with Crippen LogP contribution in [0.25, 0.3) is 17.0 Å². The number of allylic oxidation sites excluding steroid dienone is 1. The molecule has 4 aromatic rings. The summed E-state index contributed by atoms with van der Waals surface area (Å²) >= 11 is 1.62. The molecule has 2 amide bonds. The van der Waals surface area contributed by atoms with E-state index in [9.17, 15) is 4.79 Å². The third kappa shape index (κ3) is 3.83. The van der Waals surface area contributed by atoms with E-state index < -0.39 is 0 Å². The fraction of sp³-hybridized carbons (Fsp3) is 0.160. The van der Waals surface area contributed by atoms with Crippen molar-refractivity contribution in [3.05, 3.63) is 99.7 Å². The van der Waals surface area contributed by atoms with Crippen LogP contribution in [-0.4, -0.2) is 21.1 Å². The van der Waals surface area contributed by atoms with E-state index in [0.717, 1.165) is 27.3 Å². The van der Waals surface area contributed by atoms with Gasteiger partial charge in [-0.05, 0) is 30.9 Å². The molecular weight excluding hydrogens is 420 g/mol. The van der Waals surface area contributed by atoms with Crippen molar-refractivity contribution in [1.29, 1.82) is 0 Å². The minimum Gasteiger partial charge on any atom is -0.334 e. The molecule has 7 heteroatoms. The van der Waals surface area contributed by atoms with Gasteiger partial charge in [-0.2, -0.15) is 4.98 Å². The van der Waals surface area contributed by atoms with Gasteiger partial charge in [0.1, 0.15) is 0 Å². The van der Waals surface area contributed by atoms with E-state index in [2.05, 4.69) is 10.5 Å². The number of hydrogen-bond donors (Lipinski definition) is 1. The van der Waals surface area contributed by atoms with Gasteiger partial charge in [-0.1, -0.05) is 71.4 Å². The lowest BCUT2D eigenvalue weighted by molar-refractivity contribution is 0.203. The Morgan fingerprint density at radius 3 is 2.53 bits per heavy atom. The number of aromatic nitrogens is 2. The quantitative estimate of drug-likeness (QED) is 0.424. The smallest absolute Gasteiger partial charge is 0.322 e. The second-order valence-corrected chi connectivity index (χ2v) is 8.78. The number of carbonyl (C=O) groups is 1. The molecule has 0 saturated carbocycles. The molecule has 3 heterocycles. The Hall–Kier alpha value is -3.71. The molecule has 1 aliphatic rings. The first-order valence-electron chi connectivity index (χ1n) is 10.4. The number of hydrogen-bond acceptors (Lipinski definition) is 5. The van der Waals surface area contributed by atoms with Crippen molar-refractivity contribution >= 4 is 22.9 Å². The lowest BCUT2D eigenvalue weighted by Crippen LogP contribution is -2.45. The van der Waals surface area contributed by atoms with Gasteiger partial charge in [0.15, 0.2) is 0 Å². The summed E-state index contributed by atoms with van der Waals surface area (Å²) in [4.78, 5) is 20.6. The van der Waals surface area contributed by atoms with Crippen LogP contribution in [0.2, 0.25) is 0 Å². The monoisotopic (exact) mass is 442 g/mol. The zero-order valence-corrected chi connectivity index (χ0v) is 18.6. The zero-order valence-electron chi connectivity index (χ0n) is 17.8. The van der Waals surface area contributed by atoms with Gasteiger partial charge in [-0.15, -0.1) is 11.3 Å². The highest BCUT2D eigenvalue weighted by Gasteiger charge is 2.35. The normalized spacial score (nSPS) is 16.4. The van der Waals surface area contributed by atoms with Gasteiger partial charge in [0.25, 0.3) is 5.89 Å². The molecule has 5 rings (SSSR count). The number of urea groups is 1. The summed E-state index contributed by atoms with van der Waals surface area (Å²) in [6.07, 6.45) is 0. The second kappa shape index (κ2) is 8.43. The van der Waals surface area contributed by atoms with Crippen LogP contribution in [-0.2, 0) is 6.54 Å². The zero-order chi connectivity index (χ0) is 22.1. The van der Waals surface area contributed by atoms with E-state index in [0.29, 0.717) is 18.3 Å². The van der Waals surface area contributed by atoms with Crippen LogP contribution in [0.5, 0.6) is 0 Å². The summed E-state index contributed by atoms with van der Waals surface area (Å²) in [6, 6.07) is 21.3. The van der Waals surface area contributed by atoms with Crippen molar-refractivity contribution in [1.82, 2.24) is 20.4 Å². The van der Waals surface area contributed by atoms with Gasteiger partial charge in [-0.25, -0.2) is 4.79 Å². The maximum Gasteiger partial charge on any atom is 0.322 e. The van der Waals surface area contributed by atoms with E-state index >= 15 is 0 Å². The van der Waals surface area contributed by atoms with E-state index in [1.165, 1.54) is 5.56 Å². The van der Waals surface area contributed by atoms with E-state index in [4.69, 9.17) is 9.51 Å². The molecule has 2 aromatic heterocycles. The number of rotatable bonds is 5. The van der Waals surface area contributed by atoms with E-state index in [-0.39, 0.29) is 12.1 Å². The Balaban J connectivity index is 1.59. The average Bonchev–Trinajstić information content (AvgIpc) is 3.50. The molecule has 32 heavy (non-hydrogen) atoms. The Labute approximate surface area is 190 Å². The van der Waals surface area contributed by atoms with Gasteiger partial charge in [0.2, 0.25) is 5.82 Å². The Morgan fingerprint density at radius 1 is 1.03 bits per heavy atom. The van der Waals surface area contributed by atoms with Crippen LogP contribution in [0, 0.1) is 6.92 Å². The summed E-state index contributed by atoms with van der Waals surface area (Å²) in [7, 11) is 0. The van der Waals surface area contributed by atoms with Crippen LogP contribution in [0.4, 0.5) is 4.79 Å². The van der Waals surface area contributed by atoms with Gasteiger partial charge < -0.3 is 9.84 Å². The number of aryl methyl sites for hydroxylation is 1. The Morgan fingerprint density at radius 2 is 1.81 bits per heavy atom. The summed E-state index contributed by atoms with van der Waals surface area (Å²) in [5.74, 6) is 0.928. The first kappa shape index (κ1) is 20.2. The minimum absolute atomic E-state index is 0.147. The van der Waals surface area contributed by atoms with Crippen molar-refractivity contribution in [2.24, 2.45) is 0 Å². The van der Waals surface area contributed by atoms with Gasteiger partial charge in [-0.3, -0.25) is 4.90 Å². The highest BCUT2D eigenvalue weighted by Crippen LogP contribution is 2.38. The number of benzene rings is 2. The first-order chi connectivity index (χ1) is 15.6. The summed E-state index contributed by atoms with van der Waals surface area (Å²) < 4.78 is 5.74. The molecule has 0 bridgehead atoms. The first-order valence-corrected chi connectivity index (χ1v) is 11.3. The molecule has 6 nitrogen and oxygen atoms in total. The number of carbonyl (C=O) groups excluding carboxylic acids is 1. The highest BCUT2D eigenvalue weighted by atomic mass is 32.1. The molecule has 0 saturated heterocycles. The molecule has 0 radical (unpaired) electrons. The molecule has 0 fully saturated rings. The van der Waals surface area contributed by atoms with Crippen molar-refractivity contribution in [2.45, 2.75) is 26.4 Å².